The zero-order valence-electron chi connectivity index (χ0n) is 8.47. The van der Waals surface area contributed by atoms with Gasteiger partial charge in [0.25, 0.3) is 0 Å². The molecule has 0 aliphatic carbocycles. The van der Waals surface area contributed by atoms with Gasteiger partial charge in [0.1, 0.15) is 0 Å². The fourth-order valence-electron chi connectivity index (χ4n) is 1.57. The van der Waals surface area contributed by atoms with Gasteiger partial charge in [0.15, 0.2) is 8.32 Å². The van der Waals surface area contributed by atoms with Gasteiger partial charge < -0.3 is 4.80 Å². The van der Waals surface area contributed by atoms with Gasteiger partial charge in [-0.3, -0.25) is 0 Å². The minimum Gasteiger partial charge on any atom is -0.431 e. The third kappa shape index (κ3) is 4.73. The third-order valence-corrected chi connectivity index (χ3v) is 6.00. The van der Waals surface area contributed by atoms with Crippen LogP contribution in [0.2, 0.25) is 18.1 Å². The van der Waals surface area contributed by atoms with Crippen molar-refractivity contribution in [1.29, 1.82) is 0 Å². The maximum Gasteiger partial charge on any atom is 0.192 e. The van der Waals surface area contributed by atoms with Crippen molar-refractivity contribution in [3.8, 4) is 0 Å². The number of hydrogen-bond donors (Lipinski definition) is 1. The second-order valence-corrected chi connectivity index (χ2v) is 7.43. The maximum absolute atomic E-state index is 10.2. The van der Waals surface area contributed by atoms with Crippen LogP contribution in [0.5, 0.6) is 0 Å². The van der Waals surface area contributed by atoms with Crippen LogP contribution in [0.15, 0.2) is 12.7 Å². The van der Waals surface area contributed by atoms with Crippen molar-refractivity contribution in [2.75, 3.05) is 0 Å². The molecule has 1 unspecified atom stereocenters. The van der Waals surface area contributed by atoms with Gasteiger partial charge in [0.2, 0.25) is 0 Å². The van der Waals surface area contributed by atoms with Crippen molar-refractivity contribution in [1.82, 2.24) is 0 Å². The lowest BCUT2D eigenvalue weighted by molar-refractivity contribution is 0.522. The number of allylic oxidation sites excluding steroid dienone is 1. The summed E-state index contributed by atoms with van der Waals surface area (Å²) in [6.07, 6.45) is 5.37. The van der Waals surface area contributed by atoms with Gasteiger partial charge in [-0.25, -0.2) is 0 Å². The third-order valence-electron chi connectivity index (χ3n) is 2.24. The first-order chi connectivity index (χ1) is 5.68. The predicted octanol–water partition coefficient (Wildman–Crippen LogP) is 3.32. The summed E-state index contributed by atoms with van der Waals surface area (Å²) in [5, 5.41) is 0. The Labute approximate surface area is 77.6 Å². The van der Waals surface area contributed by atoms with E-state index in [0.29, 0.717) is 0 Å². The number of hydrogen-bond acceptors (Lipinski definition) is 1. The molecule has 0 aromatic heterocycles. The van der Waals surface area contributed by atoms with E-state index in [4.69, 9.17) is 0 Å². The van der Waals surface area contributed by atoms with E-state index in [1.165, 1.54) is 12.8 Å². The average Bonchev–Trinajstić information content (AvgIpc) is 2.02. The highest BCUT2D eigenvalue weighted by molar-refractivity contribution is 6.72. The van der Waals surface area contributed by atoms with Gasteiger partial charge in [-0.15, -0.1) is 6.58 Å². The smallest absolute Gasteiger partial charge is 0.192 e. The van der Waals surface area contributed by atoms with Crippen LogP contribution >= 0.6 is 0 Å². The molecule has 0 spiro atoms. The van der Waals surface area contributed by atoms with Crippen LogP contribution in [0.4, 0.5) is 0 Å². The Balaban J connectivity index is 3.88. The fourth-order valence-corrected chi connectivity index (χ4v) is 4.71. The first-order valence-electron chi connectivity index (χ1n) is 5.01. The molecule has 0 aliphatic heterocycles. The summed E-state index contributed by atoms with van der Waals surface area (Å²) in [4.78, 5) is 10.2. The van der Waals surface area contributed by atoms with Crippen molar-refractivity contribution < 1.29 is 4.80 Å². The minimum absolute atomic E-state index is 0.876. The quantitative estimate of drug-likeness (QED) is 0.478. The summed E-state index contributed by atoms with van der Waals surface area (Å²) >= 11 is 0. The first kappa shape index (κ1) is 11.9. The molecule has 0 radical (unpaired) electrons. The molecule has 1 N–H and O–H groups in total. The summed E-state index contributed by atoms with van der Waals surface area (Å²) in [7, 11) is -1.89. The van der Waals surface area contributed by atoms with E-state index in [0.717, 1.165) is 24.6 Å². The van der Waals surface area contributed by atoms with Crippen LogP contribution in [0.3, 0.4) is 0 Å². The molecule has 1 nitrogen and oxygen atoms in total. The van der Waals surface area contributed by atoms with Crippen molar-refractivity contribution in [3.63, 3.8) is 0 Å². The predicted molar refractivity (Wildman–Crippen MR) is 57.8 cm³/mol. The van der Waals surface area contributed by atoms with E-state index in [2.05, 4.69) is 20.4 Å². The van der Waals surface area contributed by atoms with E-state index < -0.39 is 8.32 Å². The summed E-state index contributed by atoms with van der Waals surface area (Å²) in [5.74, 6) is 0. The lowest BCUT2D eigenvalue weighted by atomic mass is 10.4. The Morgan fingerprint density at radius 3 is 2.33 bits per heavy atom. The van der Waals surface area contributed by atoms with E-state index in [9.17, 15) is 4.80 Å². The first-order valence-corrected chi connectivity index (χ1v) is 7.58. The summed E-state index contributed by atoms with van der Waals surface area (Å²) in [6, 6.07) is 2.98. The molecular weight excluding hydrogens is 164 g/mol. The van der Waals surface area contributed by atoms with Crippen LogP contribution < -0.4 is 0 Å². The van der Waals surface area contributed by atoms with Gasteiger partial charge in [-0.05, 0) is 18.1 Å². The number of rotatable bonds is 7. The van der Waals surface area contributed by atoms with Crippen molar-refractivity contribution >= 4 is 8.32 Å². The van der Waals surface area contributed by atoms with Crippen LogP contribution in [-0.2, 0) is 0 Å². The Morgan fingerprint density at radius 1 is 1.25 bits per heavy atom. The van der Waals surface area contributed by atoms with Crippen molar-refractivity contribution in [3.05, 3.63) is 12.7 Å². The molecule has 0 aromatic rings. The Bertz CT molecular complexity index is 125. The molecular formula is C10H22OSi. The zero-order valence-corrected chi connectivity index (χ0v) is 9.47. The average molecular weight is 186 g/mol. The zero-order chi connectivity index (χ0) is 9.45. The Kier molecular flexibility index (Phi) is 6.39. The molecule has 0 fully saturated rings. The lowest BCUT2D eigenvalue weighted by Gasteiger charge is -2.22. The summed E-state index contributed by atoms with van der Waals surface area (Å²) in [6.45, 7) is 8.03. The molecule has 0 saturated carbocycles. The fraction of sp³-hybridized carbons (Fsp3) is 0.800. The molecule has 0 saturated heterocycles. The van der Waals surface area contributed by atoms with Crippen molar-refractivity contribution in [2.24, 2.45) is 0 Å². The lowest BCUT2D eigenvalue weighted by Crippen LogP contribution is -2.32. The molecule has 0 bridgehead atoms. The molecule has 0 rings (SSSR count). The monoisotopic (exact) mass is 186 g/mol. The van der Waals surface area contributed by atoms with E-state index >= 15 is 0 Å². The molecule has 72 valence electrons. The highest BCUT2D eigenvalue weighted by Crippen LogP contribution is 2.22. The van der Waals surface area contributed by atoms with Gasteiger partial charge in [-0.2, -0.15) is 0 Å². The summed E-state index contributed by atoms with van der Waals surface area (Å²) < 4.78 is 0. The van der Waals surface area contributed by atoms with Gasteiger partial charge >= 0.3 is 0 Å². The highest BCUT2D eigenvalue weighted by Gasteiger charge is 2.26. The van der Waals surface area contributed by atoms with E-state index in [1.54, 1.807) is 0 Å². The standard InChI is InChI=1S/C10H22OSi/c1-4-7-10-12(11,8-5-2)9-6-3/h5,11H,2,4,6-10H2,1,3H3. The van der Waals surface area contributed by atoms with Crippen LogP contribution in [0.1, 0.15) is 33.1 Å². The second kappa shape index (κ2) is 6.43. The Hall–Kier alpha value is -0.0831. The van der Waals surface area contributed by atoms with Gasteiger partial charge in [0.05, 0.1) is 0 Å². The normalized spacial score (nSPS) is 15.6. The molecule has 12 heavy (non-hydrogen) atoms. The molecule has 0 heterocycles. The molecule has 0 aromatic carbocycles. The van der Waals surface area contributed by atoms with E-state index in [1.807, 2.05) is 6.08 Å². The topological polar surface area (TPSA) is 20.2 Å². The maximum atomic E-state index is 10.2. The largest absolute Gasteiger partial charge is 0.431 e. The van der Waals surface area contributed by atoms with Gasteiger partial charge in [-0.1, -0.05) is 39.2 Å². The molecule has 1 atom stereocenters. The van der Waals surface area contributed by atoms with Crippen LogP contribution in [0.25, 0.3) is 0 Å². The van der Waals surface area contributed by atoms with Crippen LogP contribution in [-0.4, -0.2) is 13.1 Å². The molecule has 0 amide bonds. The summed E-state index contributed by atoms with van der Waals surface area (Å²) in [5.41, 5.74) is 0. The highest BCUT2D eigenvalue weighted by atomic mass is 28.4. The van der Waals surface area contributed by atoms with Crippen LogP contribution in [0, 0.1) is 0 Å². The second-order valence-electron chi connectivity index (χ2n) is 3.57. The minimum atomic E-state index is -1.89. The number of unbranched alkanes of at least 4 members (excludes halogenated alkanes) is 1. The molecule has 0 aliphatic rings. The van der Waals surface area contributed by atoms with E-state index in [-0.39, 0.29) is 0 Å². The molecule has 2 heteroatoms. The Morgan fingerprint density at radius 2 is 1.92 bits per heavy atom. The van der Waals surface area contributed by atoms with Gasteiger partial charge in [0, 0.05) is 0 Å². The SMILES string of the molecule is C=CC[Si](O)(CCC)CCCC. The van der Waals surface area contributed by atoms with Crippen molar-refractivity contribution in [2.45, 2.75) is 51.2 Å².